The van der Waals surface area contributed by atoms with Gasteiger partial charge in [0.05, 0.1) is 18.1 Å². The van der Waals surface area contributed by atoms with Crippen LogP contribution in [0.2, 0.25) is 0 Å². The fourth-order valence-electron chi connectivity index (χ4n) is 2.45. The maximum atomic E-state index is 11.2. The second-order valence-corrected chi connectivity index (χ2v) is 7.35. The van der Waals surface area contributed by atoms with E-state index >= 15 is 0 Å². The number of pyridine rings is 1. The molecule has 0 bridgehead atoms. The molecule has 0 amide bonds. The molecule has 0 atom stereocenters. The van der Waals surface area contributed by atoms with E-state index in [9.17, 15) is 8.42 Å². The molecule has 7 heteroatoms. The number of benzene rings is 1. The van der Waals surface area contributed by atoms with Crippen molar-refractivity contribution in [2.75, 3.05) is 34.3 Å². The van der Waals surface area contributed by atoms with E-state index in [-0.39, 0.29) is 0 Å². The van der Waals surface area contributed by atoms with Gasteiger partial charge in [-0.25, -0.2) is 13.4 Å². The van der Waals surface area contributed by atoms with Gasteiger partial charge in [0.1, 0.15) is 5.82 Å². The molecule has 1 aromatic heterocycles. The molecular formula is C17H24N4O2S. The molecule has 0 radical (unpaired) electrons. The number of nitrogens with one attached hydrogen (secondary N) is 2. The third-order valence-corrected chi connectivity index (χ3v) is 4.25. The summed E-state index contributed by atoms with van der Waals surface area (Å²) >= 11 is 0. The number of hydrogen-bond acceptors (Lipinski definition) is 5. The van der Waals surface area contributed by atoms with Crippen LogP contribution >= 0.6 is 0 Å². The Labute approximate surface area is 144 Å². The number of anilines is 4. The van der Waals surface area contributed by atoms with E-state index in [2.05, 4.69) is 52.8 Å². The van der Waals surface area contributed by atoms with Crippen molar-refractivity contribution in [2.24, 2.45) is 0 Å². The van der Waals surface area contributed by atoms with Crippen molar-refractivity contribution in [1.82, 2.24) is 4.98 Å². The molecule has 2 aromatic rings. The van der Waals surface area contributed by atoms with Crippen molar-refractivity contribution in [3.63, 3.8) is 0 Å². The summed E-state index contributed by atoms with van der Waals surface area (Å²) in [6, 6.07) is 9.71. The lowest BCUT2D eigenvalue weighted by atomic mass is 10.1. The van der Waals surface area contributed by atoms with Crippen LogP contribution in [0.15, 0.2) is 36.5 Å². The van der Waals surface area contributed by atoms with Crippen molar-refractivity contribution < 1.29 is 8.42 Å². The molecule has 24 heavy (non-hydrogen) atoms. The van der Waals surface area contributed by atoms with Gasteiger partial charge in [-0.1, -0.05) is 0 Å². The molecule has 2 rings (SSSR count). The highest BCUT2D eigenvalue weighted by Gasteiger charge is 2.06. The van der Waals surface area contributed by atoms with E-state index < -0.39 is 10.0 Å². The molecule has 2 N–H and O–H groups in total. The molecule has 0 spiro atoms. The Morgan fingerprint density at radius 1 is 1.12 bits per heavy atom. The van der Waals surface area contributed by atoms with Gasteiger partial charge < -0.3 is 10.2 Å². The first-order valence-corrected chi connectivity index (χ1v) is 9.78. The number of aromatic nitrogens is 1. The number of rotatable bonds is 7. The molecular weight excluding hydrogens is 324 g/mol. The minimum atomic E-state index is -3.31. The van der Waals surface area contributed by atoms with E-state index in [1.807, 2.05) is 6.07 Å². The Hall–Kier alpha value is -2.28. The summed E-state index contributed by atoms with van der Waals surface area (Å²) in [4.78, 5) is 6.40. The Balaban J connectivity index is 2.13. The summed E-state index contributed by atoms with van der Waals surface area (Å²) in [6.45, 7) is 8.29. The molecule has 0 unspecified atom stereocenters. The lowest BCUT2D eigenvalue weighted by Gasteiger charge is -2.22. The summed E-state index contributed by atoms with van der Waals surface area (Å²) in [5, 5.41) is 3.31. The molecule has 6 nitrogen and oxygen atoms in total. The average molecular weight is 348 g/mol. The van der Waals surface area contributed by atoms with Crippen LogP contribution in [0.4, 0.5) is 22.9 Å². The highest BCUT2D eigenvalue weighted by Crippen LogP contribution is 2.25. The van der Waals surface area contributed by atoms with E-state index in [1.165, 1.54) is 5.69 Å². The largest absolute Gasteiger partial charge is 0.372 e. The van der Waals surface area contributed by atoms with Crippen LogP contribution < -0.4 is 14.9 Å². The lowest BCUT2D eigenvalue weighted by molar-refractivity contribution is 0.606. The molecule has 0 aliphatic heterocycles. The van der Waals surface area contributed by atoms with Gasteiger partial charge in [-0.05, 0) is 56.7 Å². The first-order chi connectivity index (χ1) is 11.3. The summed E-state index contributed by atoms with van der Waals surface area (Å²) < 4.78 is 24.7. The van der Waals surface area contributed by atoms with Crippen molar-refractivity contribution >= 4 is 32.9 Å². The maximum Gasteiger partial charge on any atom is 0.230 e. The average Bonchev–Trinajstić information content (AvgIpc) is 2.51. The maximum absolute atomic E-state index is 11.2. The van der Waals surface area contributed by atoms with Crippen molar-refractivity contribution in [1.29, 1.82) is 0 Å². The third kappa shape index (κ3) is 4.86. The first kappa shape index (κ1) is 18.1. The third-order valence-electron chi connectivity index (χ3n) is 3.67. The first-order valence-electron chi connectivity index (χ1n) is 7.89. The van der Waals surface area contributed by atoms with E-state index in [4.69, 9.17) is 0 Å². The van der Waals surface area contributed by atoms with Crippen LogP contribution in [0.5, 0.6) is 0 Å². The Bertz CT molecular complexity index is 785. The normalized spacial score (nSPS) is 11.2. The predicted octanol–water partition coefficient (Wildman–Crippen LogP) is 3.35. The van der Waals surface area contributed by atoms with Crippen LogP contribution in [-0.2, 0) is 10.0 Å². The van der Waals surface area contributed by atoms with Crippen molar-refractivity contribution in [3.8, 4) is 0 Å². The van der Waals surface area contributed by atoms with Gasteiger partial charge in [-0.3, -0.25) is 4.72 Å². The molecule has 1 heterocycles. The van der Waals surface area contributed by atoms with Gasteiger partial charge in [0.2, 0.25) is 10.0 Å². The van der Waals surface area contributed by atoms with E-state index in [0.29, 0.717) is 5.82 Å². The zero-order valence-corrected chi connectivity index (χ0v) is 15.3. The van der Waals surface area contributed by atoms with Gasteiger partial charge in [-0.15, -0.1) is 0 Å². The van der Waals surface area contributed by atoms with Gasteiger partial charge in [-0.2, -0.15) is 0 Å². The second kappa shape index (κ2) is 7.53. The summed E-state index contributed by atoms with van der Waals surface area (Å²) in [6.07, 6.45) is 2.70. The zero-order chi connectivity index (χ0) is 17.7. The Kier molecular flexibility index (Phi) is 5.66. The van der Waals surface area contributed by atoms with Gasteiger partial charge >= 0.3 is 0 Å². The number of sulfonamides is 1. The molecule has 0 aliphatic rings. The molecule has 1 aromatic carbocycles. The standard InChI is InChI=1S/C17H24N4O2S/c1-5-21(6-2)15-8-9-16(13(3)11-15)19-14-7-10-17(18-12-14)20-24(4,22)23/h7-12,19H,5-6H2,1-4H3,(H,18,20). The SMILES string of the molecule is CCN(CC)c1ccc(Nc2ccc(NS(C)(=O)=O)nc2)c(C)c1. The summed E-state index contributed by atoms with van der Waals surface area (Å²) in [5.74, 6) is 0.302. The topological polar surface area (TPSA) is 74.3 Å². The fourth-order valence-corrected chi connectivity index (χ4v) is 2.95. The minimum absolute atomic E-state index is 0.302. The molecule has 130 valence electrons. The molecule has 0 saturated carbocycles. The zero-order valence-electron chi connectivity index (χ0n) is 14.5. The van der Waals surface area contributed by atoms with Crippen LogP contribution in [-0.4, -0.2) is 32.7 Å². The summed E-state index contributed by atoms with van der Waals surface area (Å²) in [7, 11) is -3.31. The molecule has 0 fully saturated rings. The van der Waals surface area contributed by atoms with Gasteiger partial charge in [0.15, 0.2) is 0 Å². The van der Waals surface area contributed by atoms with E-state index in [1.54, 1.807) is 18.3 Å². The molecule has 0 saturated heterocycles. The number of nitrogens with zero attached hydrogens (tertiary/aromatic N) is 2. The predicted molar refractivity (Wildman–Crippen MR) is 101 cm³/mol. The van der Waals surface area contributed by atoms with Gasteiger partial charge in [0.25, 0.3) is 0 Å². The Morgan fingerprint density at radius 3 is 2.33 bits per heavy atom. The quantitative estimate of drug-likeness (QED) is 0.803. The molecule has 0 aliphatic carbocycles. The fraction of sp³-hybridized carbons (Fsp3) is 0.353. The number of hydrogen-bond donors (Lipinski definition) is 2. The monoisotopic (exact) mass is 348 g/mol. The smallest absolute Gasteiger partial charge is 0.230 e. The highest BCUT2D eigenvalue weighted by molar-refractivity contribution is 7.92. The van der Waals surface area contributed by atoms with Crippen LogP contribution in [0.3, 0.4) is 0 Å². The second-order valence-electron chi connectivity index (χ2n) is 5.60. The van der Waals surface area contributed by atoms with E-state index in [0.717, 1.165) is 36.3 Å². The van der Waals surface area contributed by atoms with Crippen LogP contribution in [0.25, 0.3) is 0 Å². The van der Waals surface area contributed by atoms with Crippen LogP contribution in [0.1, 0.15) is 19.4 Å². The van der Waals surface area contributed by atoms with Crippen molar-refractivity contribution in [3.05, 3.63) is 42.1 Å². The minimum Gasteiger partial charge on any atom is -0.372 e. The van der Waals surface area contributed by atoms with Crippen molar-refractivity contribution in [2.45, 2.75) is 20.8 Å². The van der Waals surface area contributed by atoms with Crippen LogP contribution in [0, 0.1) is 6.92 Å². The summed E-state index contributed by atoms with van der Waals surface area (Å²) in [5.41, 5.74) is 4.14. The number of aryl methyl sites for hydroxylation is 1. The Morgan fingerprint density at radius 2 is 1.83 bits per heavy atom. The van der Waals surface area contributed by atoms with Gasteiger partial charge in [0, 0.05) is 24.5 Å². The highest BCUT2D eigenvalue weighted by atomic mass is 32.2. The lowest BCUT2D eigenvalue weighted by Crippen LogP contribution is -2.21.